The van der Waals surface area contributed by atoms with Crippen molar-refractivity contribution in [3.63, 3.8) is 0 Å². The summed E-state index contributed by atoms with van der Waals surface area (Å²) in [6.07, 6.45) is 0.864. The summed E-state index contributed by atoms with van der Waals surface area (Å²) in [5.74, 6) is 0.716. The van der Waals surface area contributed by atoms with Gasteiger partial charge in [0.2, 0.25) is 0 Å². The smallest absolute Gasteiger partial charge is 0.150 e. The molecule has 124 valence electrons. The van der Waals surface area contributed by atoms with Crippen LogP contribution in [0.1, 0.15) is 15.9 Å². The number of carbonyl (C=O) groups is 1. The van der Waals surface area contributed by atoms with Crippen LogP contribution in [0.4, 0.5) is 0 Å². The van der Waals surface area contributed by atoms with Crippen LogP contribution >= 0.6 is 15.9 Å². The fourth-order valence-corrected chi connectivity index (χ4v) is 3.59. The van der Waals surface area contributed by atoms with E-state index in [0.717, 1.165) is 39.1 Å². The third-order valence-corrected chi connectivity index (χ3v) is 4.99. The van der Waals surface area contributed by atoms with E-state index in [1.807, 2.05) is 30.3 Å². The number of methoxy groups -OCH3 is 1. The Morgan fingerprint density at radius 3 is 2.52 bits per heavy atom. The molecule has 3 nitrogen and oxygen atoms in total. The van der Waals surface area contributed by atoms with Crippen LogP contribution in [-0.2, 0) is 6.54 Å². The first-order valence-electron chi connectivity index (χ1n) is 8.00. The van der Waals surface area contributed by atoms with E-state index >= 15 is 0 Å². The van der Waals surface area contributed by atoms with Gasteiger partial charge in [0.15, 0.2) is 0 Å². The molecule has 0 fully saturated rings. The molecule has 4 rings (SSSR count). The predicted molar refractivity (Wildman–Crippen MR) is 105 cm³/mol. The topological polar surface area (TPSA) is 31.2 Å². The Labute approximate surface area is 154 Å². The van der Waals surface area contributed by atoms with Gasteiger partial charge in [0.05, 0.1) is 12.6 Å². The lowest BCUT2D eigenvalue weighted by molar-refractivity contribution is 0.112. The average Bonchev–Trinajstić information content (AvgIpc) is 2.97. The van der Waals surface area contributed by atoms with Gasteiger partial charge in [0.25, 0.3) is 0 Å². The molecule has 0 amide bonds. The highest BCUT2D eigenvalue weighted by molar-refractivity contribution is 9.10. The molecule has 0 radical (unpaired) electrons. The van der Waals surface area contributed by atoms with Crippen molar-refractivity contribution in [3.8, 4) is 5.75 Å². The summed E-state index contributed by atoms with van der Waals surface area (Å²) in [7, 11) is 1.64. The summed E-state index contributed by atoms with van der Waals surface area (Å²) < 4.78 is 8.92. The minimum atomic E-state index is 0.621. The predicted octanol–water partition coefficient (Wildman–Crippen LogP) is 5.43. The van der Waals surface area contributed by atoms with Gasteiger partial charge in [-0.25, -0.2) is 0 Å². The number of fused-ring (bicyclic) bond motifs is 3. The molecule has 4 heteroatoms. The van der Waals surface area contributed by atoms with E-state index in [2.05, 4.69) is 44.8 Å². The Balaban J connectivity index is 2.03. The van der Waals surface area contributed by atoms with Crippen molar-refractivity contribution in [1.82, 2.24) is 4.57 Å². The standard InChI is InChI=1S/C21H16BrNO2/c1-25-20-11-15(13-24)10-18-17-4-2-3-5-19(17)23(21(18)20)12-14-6-8-16(22)9-7-14/h2-11,13H,12H2,1H3. The second kappa shape index (κ2) is 6.37. The highest BCUT2D eigenvalue weighted by atomic mass is 79.9. The molecule has 0 aliphatic heterocycles. The second-order valence-electron chi connectivity index (χ2n) is 5.97. The van der Waals surface area contributed by atoms with Crippen LogP contribution in [-0.4, -0.2) is 18.0 Å². The highest BCUT2D eigenvalue weighted by Crippen LogP contribution is 2.36. The highest BCUT2D eigenvalue weighted by Gasteiger charge is 2.16. The van der Waals surface area contributed by atoms with E-state index in [4.69, 9.17) is 4.74 Å². The van der Waals surface area contributed by atoms with Crippen molar-refractivity contribution >= 4 is 44.0 Å². The van der Waals surface area contributed by atoms with Gasteiger partial charge in [-0.15, -0.1) is 0 Å². The van der Waals surface area contributed by atoms with Gasteiger partial charge >= 0.3 is 0 Å². The third kappa shape index (κ3) is 2.72. The molecule has 0 aliphatic carbocycles. The normalized spacial score (nSPS) is 11.1. The summed E-state index contributed by atoms with van der Waals surface area (Å²) in [6, 6.07) is 20.3. The first-order chi connectivity index (χ1) is 12.2. The number of benzene rings is 3. The van der Waals surface area contributed by atoms with Gasteiger partial charge in [-0.05, 0) is 35.9 Å². The maximum atomic E-state index is 11.3. The third-order valence-electron chi connectivity index (χ3n) is 4.46. The van der Waals surface area contributed by atoms with Crippen LogP contribution in [0.3, 0.4) is 0 Å². The lowest BCUT2D eigenvalue weighted by atomic mass is 10.1. The van der Waals surface area contributed by atoms with Crippen molar-refractivity contribution < 1.29 is 9.53 Å². The maximum Gasteiger partial charge on any atom is 0.150 e. The first kappa shape index (κ1) is 15.9. The number of ether oxygens (including phenoxy) is 1. The lowest BCUT2D eigenvalue weighted by Crippen LogP contribution is -2.01. The number of hydrogen-bond acceptors (Lipinski definition) is 2. The summed E-state index contributed by atoms with van der Waals surface area (Å²) in [5, 5.41) is 2.16. The fraction of sp³-hybridized carbons (Fsp3) is 0.0952. The molecule has 1 heterocycles. The van der Waals surface area contributed by atoms with Crippen LogP contribution in [0.15, 0.2) is 65.1 Å². The molecule has 0 saturated carbocycles. The number of halogens is 1. The fourth-order valence-electron chi connectivity index (χ4n) is 3.33. The van der Waals surface area contributed by atoms with Crippen molar-refractivity contribution in [3.05, 3.63) is 76.3 Å². The van der Waals surface area contributed by atoms with Crippen molar-refractivity contribution in [2.45, 2.75) is 6.54 Å². The van der Waals surface area contributed by atoms with E-state index in [-0.39, 0.29) is 0 Å². The van der Waals surface area contributed by atoms with Gasteiger partial charge < -0.3 is 9.30 Å². The lowest BCUT2D eigenvalue weighted by Gasteiger charge is -2.11. The van der Waals surface area contributed by atoms with Crippen LogP contribution in [0.2, 0.25) is 0 Å². The number of aldehydes is 1. The van der Waals surface area contributed by atoms with E-state index in [1.165, 1.54) is 5.56 Å². The average molecular weight is 394 g/mol. The molecule has 25 heavy (non-hydrogen) atoms. The molecular formula is C21H16BrNO2. The van der Waals surface area contributed by atoms with Gasteiger partial charge in [-0.1, -0.05) is 46.3 Å². The molecule has 1 aromatic heterocycles. The molecular weight excluding hydrogens is 378 g/mol. The quantitative estimate of drug-likeness (QED) is 0.433. The van der Waals surface area contributed by atoms with E-state index in [1.54, 1.807) is 13.2 Å². The zero-order chi connectivity index (χ0) is 17.4. The molecule has 0 aliphatic rings. The molecule has 4 aromatic rings. The molecule has 3 aromatic carbocycles. The van der Waals surface area contributed by atoms with E-state index in [9.17, 15) is 4.79 Å². The van der Waals surface area contributed by atoms with Crippen molar-refractivity contribution in [2.24, 2.45) is 0 Å². The Morgan fingerprint density at radius 1 is 1.04 bits per heavy atom. The van der Waals surface area contributed by atoms with E-state index in [0.29, 0.717) is 11.3 Å². The number of rotatable bonds is 4. The van der Waals surface area contributed by atoms with Gasteiger partial charge in [-0.2, -0.15) is 0 Å². The Kier molecular flexibility index (Phi) is 4.06. The second-order valence-corrected chi connectivity index (χ2v) is 6.88. The van der Waals surface area contributed by atoms with Gasteiger partial charge in [-0.3, -0.25) is 4.79 Å². The Hall–Kier alpha value is -2.59. The number of hydrogen-bond donors (Lipinski definition) is 0. The minimum Gasteiger partial charge on any atom is -0.495 e. The first-order valence-corrected chi connectivity index (χ1v) is 8.79. The summed E-state index contributed by atoms with van der Waals surface area (Å²) in [4.78, 5) is 11.3. The molecule has 0 saturated heterocycles. The summed E-state index contributed by atoms with van der Waals surface area (Å²) in [6.45, 7) is 0.730. The van der Waals surface area contributed by atoms with Crippen LogP contribution in [0, 0.1) is 0 Å². The zero-order valence-corrected chi connectivity index (χ0v) is 15.3. The molecule has 0 bridgehead atoms. The number of nitrogens with zero attached hydrogens (tertiary/aromatic N) is 1. The van der Waals surface area contributed by atoms with Crippen molar-refractivity contribution in [2.75, 3.05) is 7.11 Å². The SMILES string of the molecule is COc1cc(C=O)cc2c3ccccc3n(Cc3ccc(Br)cc3)c12. The minimum absolute atomic E-state index is 0.621. The Morgan fingerprint density at radius 2 is 1.80 bits per heavy atom. The summed E-state index contributed by atoms with van der Waals surface area (Å²) in [5.41, 5.74) is 3.96. The zero-order valence-electron chi connectivity index (χ0n) is 13.7. The molecule has 0 spiro atoms. The monoisotopic (exact) mass is 393 g/mol. The van der Waals surface area contributed by atoms with Crippen LogP contribution in [0.25, 0.3) is 21.8 Å². The number of aromatic nitrogens is 1. The number of para-hydroxylation sites is 1. The van der Waals surface area contributed by atoms with Gasteiger partial charge in [0.1, 0.15) is 12.0 Å². The molecule has 0 atom stereocenters. The largest absolute Gasteiger partial charge is 0.495 e. The summed E-state index contributed by atoms with van der Waals surface area (Å²) >= 11 is 3.48. The maximum absolute atomic E-state index is 11.3. The number of carbonyl (C=O) groups excluding carboxylic acids is 1. The van der Waals surface area contributed by atoms with E-state index < -0.39 is 0 Å². The van der Waals surface area contributed by atoms with Crippen LogP contribution < -0.4 is 4.74 Å². The molecule has 0 unspecified atom stereocenters. The van der Waals surface area contributed by atoms with Crippen LogP contribution in [0.5, 0.6) is 5.75 Å². The van der Waals surface area contributed by atoms with Gasteiger partial charge in [0, 0.05) is 32.9 Å². The molecule has 0 N–H and O–H groups in total. The van der Waals surface area contributed by atoms with Crippen molar-refractivity contribution in [1.29, 1.82) is 0 Å². The Bertz CT molecular complexity index is 1080.